The van der Waals surface area contributed by atoms with Crippen molar-refractivity contribution in [1.29, 1.82) is 0 Å². The van der Waals surface area contributed by atoms with Gasteiger partial charge in [0.1, 0.15) is 0 Å². The monoisotopic (exact) mass is 283 g/mol. The highest BCUT2D eigenvalue weighted by Crippen LogP contribution is 2.49. The number of hydrogen-bond acceptors (Lipinski definition) is 4. The van der Waals surface area contributed by atoms with Crippen molar-refractivity contribution in [1.82, 2.24) is 5.32 Å². The van der Waals surface area contributed by atoms with Gasteiger partial charge in [0.05, 0.1) is 12.7 Å². The van der Waals surface area contributed by atoms with E-state index in [2.05, 4.69) is 24.4 Å². The quantitative estimate of drug-likeness (QED) is 0.800. The second-order valence-electron chi connectivity index (χ2n) is 5.09. The summed E-state index contributed by atoms with van der Waals surface area (Å²) in [5, 5.41) is 12.4. The third kappa shape index (κ3) is 4.03. The Morgan fingerprint density at radius 3 is 3.05 bits per heavy atom. The van der Waals surface area contributed by atoms with E-state index in [1.54, 1.807) is 18.4 Å². The molecule has 1 amide bonds. The van der Waals surface area contributed by atoms with Gasteiger partial charge in [-0.05, 0) is 31.9 Å². The smallest absolute Gasteiger partial charge is 0.223 e. The molecule has 0 spiro atoms. The molecule has 0 radical (unpaired) electrons. The van der Waals surface area contributed by atoms with Gasteiger partial charge in [0.25, 0.3) is 0 Å². The van der Waals surface area contributed by atoms with Crippen LogP contribution in [0.15, 0.2) is 12.1 Å². The maximum absolute atomic E-state index is 11.9. The molecule has 106 valence electrons. The first-order valence-electron chi connectivity index (χ1n) is 6.63. The van der Waals surface area contributed by atoms with Crippen LogP contribution in [0, 0.1) is 12.8 Å². The number of carbonyl (C=O) groups excluding carboxylic acids is 1. The van der Waals surface area contributed by atoms with Crippen molar-refractivity contribution in [2.45, 2.75) is 31.8 Å². The fourth-order valence-electron chi connectivity index (χ4n) is 2.22. The lowest BCUT2D eigenvalue weighted by Crippen LogP contribution is -2.29. The third-order valence-corrected chi connectivity index (χ3v) is 4.52. The molecule has 4 nitrogen and oxygen atoms in total. The summed E-state index contributed by atoms with van der Waals surface area (Å²) in [5.74, 6) is 0.640. The molecular formula is C14H21NO3S. The van der Waals surface area contributed by atoms with Crippen molar-refractivity contribution in [3.05, 3.63) is 21.9 Å². The lowest BCUT2D eigenvalue weighted by atomic mass is 10.2. The van der Waals surface area contributed by atoms with Crippen LogP contribution >= 0.6 is 11.3 Å². The summed E-state index contributed by atoms with van der Waals surface area (Å²) in [6, 6.07) is 4.23. The van der Waals surface area contributed by atoms with Crippen LogP contribution in [0.2, 0.25) is 0 Å². The van der Waals surface area contributed by atoms with Gasteiger partial charge in [-0.15, -0.1) is 11.3 Å². The van der Waals surface area contributed by atoms with Crippen LogP contribution in [0.1, 0.15) is 28.5 Å². The van der Waals surface area contributed by atoms with E-state index in [1.807, 2.05) is 0 Å². The molecule has 19 heavy (non-hydrogen) atoms. The highest BCUT2D eigenvalue weighted by atomic mass is 32.1. The molecule has 2 rings (SSSR count). The average molecular weight is 283 g/mol. The highest BCUT2D eigenvalue weighted by molar-refractivity contribution is 7.12. The number of carbonyl (C=O) groups is 1. The fourth-order valence-corrected chi connectivity index (χ4v) is 3.28. The molecule has 3 atom stereocenters. The molecule has 1 aliphatic carbocycles. The molecule has 1 aromatic heterocycles. The number of thiophene rings is 1. The lowest BCUT2D eigenvalue weighted by molar-refractivity contribution is -0.122. The minimum Gasteiger partial charge on any atom is -0.391 e. The molecule has 0 bridgehead atoms. The Hall–Kier alpha value is -0.910. The summed E-state index contributed by atoms with van der Waals surface area (Å²) in [6.45, 7) is 2.91. The number of aryl methyl sites for hydroxylation is 1. The maximum atomic E-state index is 11.9. The number of aliphatic hydroxyl groups excluding tert-OH is 1. The van der Waals surface area contributed by atoms with E-state index in [9.17, 15) is 9.90 Å². The molecular weight excluding hydrogens is 262 g/mol. The molecule has 1 aromatic rings. The Morgan fingerprint density at radius 1 is 1.63 bits per heavy atom. The second kappa shape index (κ2) is 6.50. The Labute approximate surface area is 117 Å². The maximum Gasteiger partial charge on any atom is 0.223 e. The van der Waals surface area contributed by atoms with Gasteiger partial charge in [0.15, 0.2) is 0 Å². The fraction of sp³-hybridized carbons (Fsp3) is 0.643. The van der Waals surface area contributed by atoms with Crippen molar-refractivity contribution < 1.29 is 14.6 Å². The zero-order chi connectivity index (χ0) is 13.8. The van der Waals surface area contributed by atoms with Gasteiger partial charge < -0.3 is 15.2 Å². The summed E-state index contributed by atoms with van der Waals surface area (Å²) < 4.78 is 4.84. The average Bonchev–Trinajstić information content (AvgIpc) is 3.05. The van der Waals surface area contributed by atoms with Crippen LogP contribution in [0.25, 0.3) is 0 Å². The van der Waals surface area contributed by atoms with E-state index in [0.717, 1.165) is 6.42 Å². The molecule has 0 aromatic carbocycles. The van der Waals surface area contributed by atoms with Crippen LogP contribution in [0.3, 0.4) is 0 Å². The van der Waals surface area contributed by atoms with Gasteiger partial charge in [0.2, 0.25) is 5.91 Å². The first-order valence-corrected chi connectivity index (χ1v) is 7.44. The van der Waals surface area contributed by atoms with Crippen molar-refractivity contribution in [3.63, 3.8) is 0 Å². The summed E-state index contributed by atoms with van der Waals surface area (Å²) >= 11 is 1.78. The van der Waals surface area contributed by atoms with Crippen LogP contribution in [0.5, 0.6) is 0 Å². The van der Waals surface area contributed by atoms with Crippen LogP contribution in [0.4, 0.5) is 0 Å². The minimum absolute atomic E-state index is 0.112. The molecule has 3 unspecified atom stereocenters. The number of methoxy groups -OCH3 is 1. The van der Waals surface area contributed by atoms with Crippen molar-refractivity contribution >= 4 is 17.2 Å². The summed E-state index contributed by atoms with van der Waals surface area (Å²) in [4.78, 5) is 14.5. The largest absolute Gasteiger partial charge is 0.391 e. The van der Waals surface area contributed by atoms with E-state index in [-0.39, 0.29) is 11.8 Å². The van der Waals surface area contributed by atoms with Gasteiger partial charge in [-0.2, -0.15) is 0 Å². The van der Waals surface area contributed by atoms with Crippen LogP contribution in [-0.4, -0.2) is 37.4 Å². The molecule has 1 fully saturated rings. The standard InChI is InChI=1S/C14H21NO3S/c1-9-3-4-13(19-9)11-7-12(11)14(17)15-6-5-10(16)8-18-2/h3-4,10-12,16H,5-8H2,1-2H3,(H,15,17). The van der Waals surface area contributed by atoms with Gasteiger partial charge in [-0.3, -0.25) is 4.79 Å². The number of amides is 1. The SMILES string of the molecule is COCC(O)CCNC(=O)C1CC1c1ccc(C)s1. The third-order valence-electron chi connectivity index (χ3n) is 3.39. The molecule has 1 heterocycles. The van der Waals surface area contributed by atoms with E-state index in [4.69, 9.17) is 4.74 Å². The van der Waals surface area contributed by atoms with Crippen molar-refractivity contribution in [3.8, 4) is 0 Å². The normalized spacial score (nSPS) is 23.1. The first kappa shape index (κ1) is 14.5. The van der Waals surface area contributed by atoms with Crippen molar-refractivity contribution in [2.24, 2.45) is 5.92 Å². The predicted molar refractivity (Wildman–Crippen MR) is 75.4 cm³/mol. The number of rotatable bonds is 7. The Bertz CT molecular complexity index is 432. The van der Waals surface area contributed by atoms with Crippen molar-refractivity contribution in [2.75, 3.05) is 20.3 Å². The molecule has 0 saturated heterocycles. The number of ether oxygens (including phenoxy) is 1. The zero-order valence-corrected chi connectivity index (χ0v) is 12.2. The summed E-state index contributed by atoms with van der Waals surface area (Å²) in [6.07, 6.45) is 0.988. The van der Waals surface area contributed by atoms with Gasteiger partial charge in [-0.1, -0.05) is 0 Å². The lowest BCUT2D eigenvalue weighted by Gasteiger charge is -2.09. The number of nitrogens with one attached hydrogen (secondary N) is 1. The summed E-state index contributed by atoms with van der Waals surface area (Å²) in [7, 11) is 1.56. The number of aliphatic hydroxyl groups is 1. The zero-order valence-electron chi connectivity index (χ0n) is 11.4. The van der Waals surface area contributed by atoms with Gasteiger partial charge in [-0.25, -0.2) is 0 Å². The predicted octanol–water partition coefficient (Wildman–Crippen LogP) is 1.67. The van der Waals surface area contributed by atoms with E-state index in [1.165, 1.54) is 9.75 Å². The summed E-state index contributed by atoms with van der Waals surface area (Å²) in [5.41, 5.74) is 0. The van der Waals surface area contributed by atoms with E-state index >= 15 is 0 Å². The first-order chi connectivity index (χ1) is 9.11. The van der Waals surface area contributed by atoms with Gasteiger partial charge >= 0.3 is 0 Å². The van der Waals surface area contributed by atoms with Gasteiger partial charge in [0, 0.05) is 35.2 Å². The molecule has 2 N–H and O–H groups in total. The minimum atomic E-state index is -0.500. The Kier molecular flexibility index (Phi) is 4.96. The van der Waals surface area contributed by atoms with E-state index in [0.29, 0.717) is 25.5 Å². The second-order valence-corrected chi connectivity index (χ2v) is 6.41. The molecule has 1 aliphatic rings. The highest BCUT2D eigenvalue weighted by Gasteiger charge is 2.44. The Balaban J connectivity index is 1.68. The molecule has 1 saturated carbocycles. The van der Waals surface area contributed by atoms with Crippen LogP contribution in [-0.2, 0) is 9.53 Å². The number of hydrogen-bond donors (Lipinski definition) is 2. The molecule has 0 aliphatic heterocycles. The molecule has 5 heteroatoms. The Morgan fingerprint density at radius 2 is 2.42 bits per heavy atom. The topological polar surface area (TPSA) is 58.6 Å². The van der Waals surface area contributed by atoms with Crippen LogP contribution < -0.4 is 5.32 Å². The van der Waals surface area contributed by atoms with E-state index < -0.39 is 6.10 Å².